The fourth-order valence-electron chi connectivity index (χ4n) is 1.69. The Kier molecular flexibility index (Phi) is 8.67. The van der Waals surface area contributed by atoms with Gasteiger partial charge in [-0.05, 0) is 25.8 Å². The number of guanidine groups is 1. The van der Waals surface area contributed by atoms with Gasteiger partial charge >= 0.3 is 0 Å². The Morgan fingerprint density at radius 2 is 2.10 bits per heavy atom. The Morgan fingerprint density at radius 1 is 1.24 bits per heavy atom. The Hall–Kier alpha value is -2.05. The van der Waals surface area contributed by atoms with Crippen LogP contribution in [-0.4, -0.2) is 47.8 Å². The summed E-state index contributed by atoms with van der Waals surface area (Å²) in [5.74, 6) is 0.621. The zero-order valence-corrected chi connectivity index (χ0v) is 12.9. The number of nitrogens with zero attached hydrogens (tertiary/aromatic N) is 3. The zero-order valence-electron chi connectivity index (χ0n) is 12.9. The largest absolute Gasteiger partial charge is 0.357 e. The molecule has 0 bridgehead atoms. The van der Waals surface area contributed by atoms with Crippen LogP contribution in [0.3, 0.4) is 0 Å². The van der Waals surface area contributed by atoms with Crippen LogP contribution in [0.1, 0.15) is 26.7 Å². The number of hydrogen-bond acceptors (Lipinski definition) is 3. The van der Waals surface area contributed by atoms with Gasteiger partial charge in [0.25, 0.3) is 0 Å². The molecule has 0 aliphatic rings. The molecular weight excluding hydrogens is 268 g/mol. The van der Waals surface area contributed by atoms with Crippen molar-refractivity contribution in [2.75, 3.05) is 26.2 Å². The molecule has 21 heavy (non-hydrogen) atoms. The number of carbonyl (C=O) groups excluding carboxylic acids is 1. The molecule has 0 aromatic carbocycles. The molecule has 1 aromatic heterocycles. The van der Waals surface area contributed by atoms with E-state index in [1.54, 1.807) is 6.20 Å². The van der Waals surface area contributed by atoms with Crippen molar-refractivity contribution in [3.63, 3.8) is 0 Å². The van der Waals surface area contributed by atoms with E-state index < -0.39 is 0 Å². The van der Waals surface area contributed by atoms with E-state index in [4.69, 9.17) is 0 Å². The molecule has 3 N–H and O–H groups in total. The molecule has 1 aromatic rings. The van der Waals surface area contributed by atoms with Gasteiger partial charge in [0.1, 0.15) is 6.54 Å². The second-order valence-corrected chi connectivity index (χ2v) is 4.59. The number of aryl methyl sites for hydroxylation is 1. The van der Waals surface area contributed by atoms with Gasteiger partial charge in [-0.1, -0.05) is 6.92 Å². The lowest BCUT2D eigenvalue weighted by atomic mass is 10.4. The summed E-state index contributed by atoms with van der Waals surface area (Å²) >= 11 is 0. The summed E-state index contributed by atoms with van der Waals surface area (Å²) in [5, 5.41) is 13.3. The standard InChI is InChI=1S/C14H26N6O/c1-3-7-16-13(21)12-18-14(15-4-2)17-8-5-10-20-11-6-9-19-20/h6,9,11H,3-5,7-8,10,12H2,1-2H3,(H,16,21)(H2,15,17,18). The zero-order chi connectivity index (χ0) is 15.3. The molecule has 1 rings (SSSR count). The Balaban J connectivity index is 2.26. The van der Waals surface area contributed by atoms with E-state index in [0.29, 0.717) is 12.5 Å². The van der Waals surface area contributed by atoms with Crippen LogP contribution in [0.15, 0.2) is 23.5 Å². The molecule has 0 unspecified atom stereocenters. The maximum Gasteiger partial charge on any atom is 0.241 e. The highest BCUT2D eigenvalue weighted by molar-refractivity contribution is 5.84. The summed E-state index contributed by atoms with van der Waals surface area (Å²) in [7, 11) is 0. The Morgan fingerprint density at radius 3 is 2.76 bits per heavy atom. The van der Waals surface area contributed by atoms with Crippen molar-refractivity contribution in [3.05, 3.63) is 18.5 Å². The molecule has 0 atom stereocenters. The topological polar surface area (TPSA) is 83.3 Å². The highest BCUT2D eigenvalue weighted by atomic mass is 16.1. The van der Waals surface area contributed by atoms with Crippen molar-refractivity contribution in [1.82, 2.24) is 25.7 Å². The van der Waals surface area contributed by atoms with Crippen molar-refractivity contribution in [2.45, 2.75) is 33.2 Å². The van der Waals surface area contributed by atoms with Crippen LogP contribution in [0.5, 0.6) is 0 Å². The lowest BCUT2D eigenvalue weighted by molar-refractivity contribution is -0.119. The van der Waals surface area contributed by atoms with E-state index in [-0.39, 0.29) is 12.5 Å². The number of aromatic nitrogens is 2. The fourth-order valence-corrected chi connectivity index (χ4v) is 1.69. The number of nitrogens with one attached hydrogen (secondary N) is 3. The van der Waals surface area contributed by atoms with Crippen LogP contribution in [0, 0.1) is 0 Å². The molecule has 1 heterocycles. The Bertz CT molecular complexity index is 415. The second-order valence-electron chi connectivity index (χ2n) is 4.59. The highest BCUT2D eigenvalue weighted by Crippen LogP contribution is 1.88. The van der Waals surface area contributed by atoms with Gasteiger partial charge in [-0.3, -0.25) is 9.48 Å². The first-order chi connectivity index (χ1) is 10.3. The lowest BCUT2D eigenvalue weighted by Gasteiger charge is -2.11. The smallest absolute Gasteiger partial charge is 0.241 e. The van der Waals surface area contributed by atoms with Crippen LogP contribution in [0.4, 0.5) is 0 Å². The Labute approximate surface area is 126 Å². The number of hydrogen-bond donors (Lipinski definition) is 3. The summed E-state index contributed by atoms with van der Waals surface area (Å²) in [6.45, 7) is 7.27. The maximum absolute atomic E-state index is 11.5. The molecule has 0 fully saturated rings. The van der Waals surface area contributed by atoms with E-state index in [0.717, 1.165) is 32.5 Å². The third kappa shape index (κ3) is 7.96. The van der Waals surface area contributed by atoms with Gasteiger partial charge in [-0.25, -0.2) is 4.99 Å². The molecule has 7 heteroatoms. The predicted octanol–water partition coefficient (Wildman–Crippen LogP) is 0.355. The SMILES string of the molecule is CCCNC(=O)CN=C(NCC)NCCCn1cccn1. The first-order valence-electron chi connectivity index (χ1n) is 7.52. The maximum atomic E-state index is 11.5. The number of rotatable bonds is 9. The van der Waals surface area contributed by atoms with Crippen molar-refractivity contribution in [1.29, 1.82) is 0 Å². The summed E-state index contributed by atoms with van der Waals surface area (Å²) in [6, 6.07) is 1.91. The number of amides is 1. The summed E-state index contributed by atoms with van der Waals surface area (Å²) in [6.07, 6.45) is 5.58. The van der Waals surface area contributed by atoms with E-state index in [9.17, 15) is 4.79 Å². The quantitative estimate of drug-likeness (QED) is 0.349. The van der Waals surface area contributed by atoms with E-state index in [2.05, 4.69) is 26.0 Å². The molecule has 0 aliphatic heterocycles. The van der Waals surface area contributed by atoms with Crippen LogP contribution in [0.2, 0.25) is 0 Å². The van der Waals surface area contributed by atoms with Gasteiger partial charge in [-0.2, -0.15) is 5.10 Å². The first kappa shape index (κ1) is 17.0. The van der Waals surface area contributed by atoms with Gasteiger partial charge in [0.15, 0.2) is 5.96 Å². The van der Waals surface area contributed by atoms with Crippen molar-refractivity contribution in [2.24, 2.45) is 4.99 Å². The lowest BCUT2D eigenvalue weighted by Crippen LogP contribution is -2.39. The molecule has 0 aliphatic carbocycles. The van der Waals surface area contributed by atoms with E-state index in [1.807, 2.05) is 30.8 Å². The van der Waals surface area contributed by atoms with Crippen LogP contribution >= 0.6 is 0 Å². The fraction of sp³-hybridized carbons (Fsp3) is 0.643. The second kappa shape index (κ2) is 10.7. The molecule has 7 nitrogen and oxygen atoms in total. The number of aliphatic imine (C=N–C) groups is 1. The predicted molar refractivity (Wildman–Crippen MR) is 84.1 cm³/mol. The van der Waals surface area contributed by atoms with Crippen LogP contribution in [0.25, 0.3) is 0 Å². The van der Waals surface area contributed by atoms with Gasteiger partial charge in [0.2, 0.25) is 5.91 Å². The van der Waals surface area contributed by atoms with E-state index >= 15 is 0 Å². The minimum absolute atomic E-state index is 0.0504. The number of carbonyl (C=O) groups is 1. The molecule has 0 spiro atoms. The average molecular weight is 294 g/mol. The third-order valence-electron chi connectivity index (χ3n) is 2.71. The molecule has 118 valence electrons. The van der Waals surface area contributed by atoms with E-state index in [1.165, 1.54) is 0 Å². The summed E-state index contributed by atoms with van der Waals surface area (Å²) in [5.41, 5.74) is 0. The normalized spacial score (nSPS) is 11.2. The van der Waals surface area contributed by atoms with Gasteiger partial charge in [0.05, 0.1) is 0 Å². The summed E-state index contributed by atoms with van der Waals surface area (Å²) in [4.78, 5) is 15.8. The van der Waals surface area contributed by atoms with Gasteiger partial charge < -0.3 is 16.0 Å². The van der Waals surface area contributed by atoms with Crippen molar-refractivity contribution in [3.8, 4) is 0 Å². The molecular formula is C14H26N6O. The van der Waals surface area contributed by atoms with Crippen LogP contribution in [-0.2, 0) is 11.3 Å². The molecule has 0 saturated heterocycles. The third-order valence-corrected chi connectivity index (χ3v) is 2.71. The minimum Gasteiger partial charge on any atom is -0.357 e. The highest BCUT2D eigenvalue weighted by Gasteiger charge is 2.01. The molecule has 0 radical (unpaired) electrons. The molecule has 0 saturated carbocycles. The van der Waals surface area contributed by atoms with Crippen molar-refractivity contribution < 1.29 is 4.79 Å². The summed E-state index contributed by atoms with van der Waals surface area (Å²) < 4.78 is 1.89. The van der Waals surface area contributed by atoms with Gasteiger partial charge in [-0.15, -0.1) is 0 Å². The first-order valence-corrected chi connectivity index (χ1v) is 7.52. The monoisotopic (exact) mass is 294 g/mol. The molecule has 1 amide bonds. The van der Waals surface area contributed by atoms with Crippen molar-refractivity contribution >= 4 is 11.9 Å². The van der Waals surface area contributed by atoms with Gasteiger partial charge in [0, 0.05) is 38.6 Å². The minimum atomic E-state index is -0.0504. The van der Waals surface area contributed by atoms with Crippen LogP contribution < -0.4 is 16.0 Å². The average Bonchev–Trinajstić information content (AvgIpc) is 3.00.